The number of hydrazone groups is 1. The van der Waals surface area contributed by atoms with Gasteiger partial charge in [-0.2, -0.15) is 5.10 Å². The van der Waals surface area contributed by atoms with Gasteiger partial charge >= 0.3 is 11.8 Å². The molecule has 0 aliphatic heterocycles. The highest BCUT2D eigenvalue weighted by atomic mass is 35.5. The summed E-state index contributed by atoms with van der Waals surface area (Å²) in [6, 6.07) is 4.34. The Labute approximate surface area is 143 Å². The summed E-state index contributed by atoms with van der Waals surface area (Å²) in [5.41, 5.74) is 2.61. The van der Waals surface area contributed by atoms with Crippen LogP contribution in [0, 0.1) is 0 Å². The van der Waals surface area contributed by atoms with Gasteiger partial charge in [0.1, 0.15) is 12.4 Å². The van der Waals surface area contributed by atoms with Crippen LogP contribution in [0.3, 0.4) is 0 Å². The van der Waals surface area contributed by atoms with Gasteiger partial charge in [-0.15, -0.1) is 0 Å². The number of nitrogens with zero attached hydrogens (tertiary/aromatic N) is 1. The van der Waals surface area contributed by atoms with Crippen LogP contribution in [0.1, 0.15) is 25.8 Å². The first-order valence-corrected chi connectivity index (χ1v) is 7.47. The number of hydrogen-bond donors (Lipinski definition) is 2. The Bertz CT molecular complexity index is 648. The molecule has 1 aromatic rings. The number of carboxylic acids is 1. The lowest BCUT2D eigenvalue weighted by atomic mass is 10.2. The zero-order valence-corrected chi connectivity index (χ0v) is 13.9. The Balaban J connectivity index is 2.58. The molecule has 24 heavy (non-hydrogen) atoms. The normalized spacial score (nSPS) is 11.8. The largest absolute Gasteiger partial charge is 0.546 e. The van der Waals surface area contributed by atoms with Gasteiger partial charge in [0.2, 0.25) is 0 Å². The molecule has 0 heterocycles. The Morgan fingerprint density at radius 1 is 1.38 bits per heavy atom. The molecule has 2 amide bonds. The van der Waals surface area contributed by atoms with E-state index < -0.39 is 24.4 Å². The molecule has 0 saturated heterocycles. The maximum absolute atomic E-state index is 11.5. The van der Waals surface area contributed by atoms with Crippen LogP contribution in [0.15, 0.2) is 23.3 Å². The van der Waals surface area contributed by atoms with E-state index in [0.29, 0.717) is 12.0 Å². The fourth-order valence-electron chi connectivity index (χ4n) is 1.46. The minimum Gasteiger partial charge on any atom is -0.546 e. The third-order valence-electron chi connectivity index (χ3n) is 2.88. The molecule has 1 rings (SSSR count). The zero-order chi connectivity index (χ0) is 18.1. The van der Waals surface area contributed by atoms with E-state index in [1.54, 1.807) is 13.0 Å². The van der Waals surface area contributed by atoms with Gasteiger partial charge in [-0.05, 0) is 37.1 Å². The van der Waals surface area contributed by atoms with Crippen molar-refractivity contribution < 1.29 is 24.2 Å². The summed E-state index contributed by atoms with van der Waals surface area (Å²) in [5.74, 6) is -2.85. The minimum absolute atomic E-state index is 0.111. The maximum Gasteiger partial charge on any atom is 0.329 e. The molecule has 2 N–H and O–H groups in total. The van der Waals surface area contributed by atoms with E-state index in [2.05, 4.69) is 15.8 Å². The molecule has 0 aromatic heterocycles. The van der Waals surface area contributed by atoms with Gasteiger partial charge in [0.25, 0.3) is 0 Å². The zero-order valence-electron chi connectivity index (χ0n) is 13.2. The number of carbonyl (C=O) groups excluding carboxylic acids is 3. The summed E-state index contributed by atoms with van der Waals surface area (Å²) in [4.78, 5) is 33.3. The predicted octanol–water partition coefficient (Wildman–Crippen LogP) is -0.166. The number of ether oxygens (including phenoxy) is 1. The van der Waals surface area contributed by atoms with Crippen molar-refractivity contribution >= 4 is 35.6 Å². The molecule has 9 heteroatoms. The van der Waals surface area contributed by atoms with Crippen LogP contribution in [-0.2, 0) is 14.4 Å². The van der Waals surface area contributed by atoms with Crippen molar-refractivity contribution in [2.45, 2.75) is 26.3 Å². The average Bonchev–Trinajstić information content (AvgIpc) is 2.53. The van der Waals surface area contributed by atoms with Gasteiger partial charge in [0, 0.05) is 6.04 Å². The number of halogens is 1. The average molecular weight is 355 g/mol. The summed E-state index contributed by atoms with van der Waals surface area (Å²) in [7, 11) is 0. The lowest BCUT2D eigenvalue weighted by Crippen LogP contribution is -2.41. The van der Waals surface area contributed by atoms with E-state index in [4.69, 9.17) is 16.3 Å². The van der Waals surface area contributed by atoms with Gasteiger partial charge in [-0.1, -0.05) is 18.5 Å². The number of carbonyl (C=O) groups is 3. The second-order valence-electron chi connectivity index (χ2n) is 4.83. The van der Waals surface area contributed by atoms with E-state index in [1.165, 1.54) is 18.3 Å². The highest BCUT2D eigenvalue weighted by Gasteiger charge is 2.14. The monoisotopic (exact) mass is 354 g/mol. The quantitative estimate of drug-likeness (QED) is 0.400. The van der Waals surface area contributed by atoms with E-state index in [0.717, 1.165) is 0 Å². The Morgan fingerprint density at radius 3 is 2.67 bits per heavy atom. The van der Waals surface area contributed by atoms with Crippen LogP contribution in [0.4, 0.5) is 0 Å². The molecule has 0 aliphatic rings. The summed E-state index contributed by atoms with van der Waals surface area (Å²) in [6.45, 7) is 3.04. The lowest BCUT2D eigenvalue weighted by molar-refractivity contribution is -0.307. The van der Waals surface area contributed by atoms with Gasteiger partial charge in [-0.3, -0.25) is 9.59 Å². The summed E-state index contributed by atoms with van der Waals surface area (Å²) >= 11 is 5.93. The fraction of sp³-hybridized carbons (Fsp3) is 0.333. The topological polar surface area (TPSA) is 120 Å². The molecule has 0 aliphatic carbocycles. The smallest absolute Gasteiger partial charge is 0.329 e. The van der Waals surface area contributed by atoms with Crippen LogP contribution in [0.25, 0.3) is 0 Å². The summed E-state index contributed by atoms with van der Waals surface area (Å²) in [5, 5.41) is 16.6. The first kappa shape index (κ1) is 19.4. The van der Waals surface area contributed by atoms with Crippen molar-refractivity contribution in [1.29, 1.82) is 0 Å². The molecule has 0 fully saturated rings. The SMILES string of the molecule is CC[C@H](C)NC(=O)C(=O)N/N=C\c1ccc(OCC(=O)[O-])c(Cl)c1. The maximum atomic E-state index is 11.5. The number of rotatable bonds is 7. The van der Waals surface area contributed by atoms with Gasteiger partial charge in [-0.25, -0.2) is 5.43 Å². The predicted molar refractivity (Wildman–Crippen MR) is 85.6 cm³/mol. The van der Waals surface area contributed by atoms with Crippen molar-refractivity contribution in [3.05, 3.63) is 28.8 Å². The summed E-state index contributed by atoms with van der Waals surface area (Å²) in [6.07, 6.45) is 1.98. The Hall–Kier alpha value is -2.61. The summed E-state index contributed by atoms with van der Waals surface area (Å²) < 4.78 is 4.91. The molecule has 8 nitrogen and oxygen atoms in total. The molecular weight excluding hydrogens is 338 g/mol. The third-order valence-corrected chi connectivity index (χ3v) is 3.17. The highest BCUT2D eigenvalue weighted by Crippen LogP contribution is 2.24. The molecule has 1 atom stereocenters. The second-order valence-corrected chi connectivity index (χ2v) is 5.24. The van der Waals surface area contributed by atoms with Gasteiger partial charge < -0.3 is 20.0 Å². The molecule has 0 spiro atoms. The van der Waals surface area contributed by atoms with Crippen molar-refractivity contribution in [2.75, 3.05) is 6.61 Å². The van der Waals surface area contributed by atoms with Crippen LogP contribution < -0.4 is 20.6 Å². The number of hydrogen-bond acceptors (Lipinski definition) is 6. The molecule has 0 saturated carbocycles. The van der Waals surface area contributed by atoms with Crippen LogP contribution >= 0.6 is 11.6 Å². The van der Waals surface area contributed by atoms with E-state index in [-0.39, 0.29) is 16.8 Å². The standard InChI is InChI=1S/C15H18ClN3O5/c1-3-9(2)18-14(22)15(23)19-17-7-10-4-5-12(11(16)6-10)24-8-13(20)21/h4-7,9H,3,8H2,1-2H3,(H,18,22)(H,19,23)(H,20,21)/p-1/b17-7-/t9-/m0/s1. The van der Waals surface area contributed by atoms with Gasteiger partial charge in [0.05, 0.1) is 17.2 Å². The van der Waals surface area contributed by atoms with E-state index in [9.17, 15) is 19.5 Å². The van der Waals surface area contributed by atoms with Crippen LogP contribution in [-0.4, -0.2) is 36.6 Å². The van der Waals surface area contributed by atoms with Crippen LogP contribution in [0.2, 0.25) is 5.02 Å². The first-order valence-electron chi connectivity index (χ1n) is 7.09. The molecule has 1 aromatic carbocycles. The van der Waals surface area contributed by atoms with Crippen molar-refractivity contribution in [3.8, 4) is 5.75 Å². The van der Waals surface area contributed by atoms with Crippen molar-refractivity contribution in [3.63, 3.8) is 0 Å². The number of aliphatic carboxylic acids is 1. The number of amides is 2. The van der Waals surface area contributed by atoms with E-state index >= 15 is 0 Å². The first-order chi connectivity index (χ1) is 11.3. The molecular formula is C15H17ClN3O5-. The van der Waals surface area contributed by atoms with Crippen molar-refractivity contribution in [1.82, 2.24) is 10.7 Å². The Morgan fingerprint density at radius 2 is 2.08 bits per heavy atom. The van der Waals surface area contributed by atoms with Crippen LogP contribution in [0.5, 0.6) is 5.75 Å². The molecule has 130 valence electrons. The molecule has 0 bridgehead atoms. The fourth-order valence-corrected chi connectivity index (χ4v) is 1.70. The number of nitrogens with one attached hydrogen (secondary N) is 2. The Kier molecular flexibility index (Phi) is 7.70. The highest BCUT2D eigenvalue weighted by molar-refractivity contribution is 6.35. The lowest BCUT2D eigenvalue weighted by Gasteiger charge is -2.09. The number of benzene rings is 1. The number of carboxylic acid groups (broad SMARTS) is 1. The molecule has 0 radical (unpaired) electrons. The van der Waals surface area contributed by atoms with Crippen molar-refractivity contribution in [2.24, 2.45) is 5.10 Å². The van der Waals surface area contributed by atoms with Gasteiger partial charge in [0.15, 0.2) is 0 Å². The molecule has 0 unspecified atom stereocenters. The van der Waals surface area contributed by atoms with E-state index in [1.807, 2.05) is 6.92 Å². The second kappa shape index (κ2) is 9.51. The minimum atomic E-state index is -1.37. The third kappa shape index (κ3) is 6.66.